The maximum Gasteiger partial charge on any atom is 0 e. The molecule has 3 N–H and O–H groups in total. The molecule has 0 unspecified atom stereocenters. The van der Waals surface area contributed by atoms with Crippen molar-refractivity contribution in [2.45, 2.75) is 22.3 Å². The standard InChI is InChI=1S/3CH4.Ar.H3N.H/h3*1H4;;1H3;/q;;;;;-1. The van der Waals surface area contributed by atoms with Crippen LogP contribution in [0.15, 0.2) is 0 Å². The van der Waals surface area contributed by atoms with Gasteiger partial charge in [0.25, 0.3) is 0 Å². The van der Waals surface area contributed by atoms with Crippen LogP contribution in [0.2, 0.25) is 0 Å². The molecule has 0 saturated carbocycles. The topological polar surface area (TPSA) is 35.0 Å². The van der Waals surface area contributed by atoms with Crippen LogP contribution in [0.25, 0.3) is 0 Å². The van der Waals surface area contributed by atoms with Crippen molar-refractivity contribution in [2.24, 2.45) is 0 Å². The number of rotatable bonds is 0. The molecule has 0 aliphatic carbocycles. The van der Waals surface area contributed by atoms with Gasteiger partial charge in [0.2, 0.25) is 0 Å². The minimum Gasteiger partial charge on any atom is -1.00 e. The first kappa shape index (κ1) is 114. The molecule has 0 aliphatic heterocycles. The van der Waals surface area contributed by atoms with Gasteiger partial charge in [-0.05, 0) is 0 Å². The van der Waals surface area contributed by atoms with Crippen molar-refractivity contribution in [3.8, 4) is 0 Å². The fourth-order valence-electron chi connectivity index (χ4n) is 0. The van der Waals surface area contributed by atoms with Gasteiger partial charge in [-0.1, -0.05) is 22.3 Å². The smallest absolute Gasteiger partial charge is 0 e. The summed E-state index contributed by atoms with van der Waals surface area (Å²) in [5, 5.41) is 0. The van der Waals surface area contributed by atoms with Crippen LogP contribution in [0.4, 0.5) is 0 Å². The van der Waals surface area contributed by atoms with Crippen molar-refractivity contribution >= 4 is 0 Å². The molecule has 0 amide bonds. The van der Waals surface area contributed by atoms with Crippen LogP contribution in [0.1, 0.15) is 23.7 Å². The molecular formula is C3H16ArN-. The summed E-state index contributed by atoms with van der Waals surface area (Å²) in [6, 6.07) is 0. The van der Waals surface area contributed by atoms with E-state index in [4.69, 9.17) is 0 Å². The van der Waals surface area contributed by atoms with Gasteiger partial charge < -0.3 is 7.58 Å². The van der Waals surface area contributed by atoms with Crippen molar-refractivity contribution in [2.75, 3.05) is 0 Å². The minimum atomic E-state index is 0. The van der Waals surface area contributed by atoms with E-state index in [1.54, 1.807) is 0 Å². The zero-order valence-electron chi connectivity index (χ0n) is 2.06. The van der Waals surface area contributed by atoms with E-state index >= 15 is 0 Å². The summed E-state index contributed by atoms with van der Waals surface area (Å²) in [7, 11) is 0. The quantitative estimate of drug-likeness (QED) is 0.504. The van der Waals surface area contributed by atoms with Gasteiger partial charge in [0.15, 0.2) is 0 Å². The zero-order chi connectivity index (χ0) is 0. The molecule has 0 rings (SSSR count). The van der Waals surface area contributed by atoms with Crippen LogP contribution in [0.3, 0.4) is 0 Å². The second kappa shape index (κ2) is 62.5. The van der Waals surface area contributed by atoms with Crippen LogP contribution >= 0.6 is 0 Å². The SMILES string of the molecule is C.C.C.N.[Ar].[H-]. The monoisotopic (exact) mass is 106 g/mol. The van der Waals surface area contributed by atoms with E-state index in [2.05, 4.69) is 0 Å². The largest absolute Gasteiger partial charge is 1.00 e. The Kier molecular flexibility index (Phi) is 1420. The molecule has 0 fully saturated rings. The minimum absolute atomic E-state index is 0. The van der Waals surface area contributed by atoms with E-state index in [0.29, 0.717) is 0 Å². The molecule has 0 aliphatic rings. The van der Waals surface area contributed by atoms with Crippen molar-refractivity contribution in [1.82, 2.24) is 6.15 Å². The Morgan fingerprint density at radius 3 is 0.800 bits per heavy atom. The summed E-state index contributed by atoms with van der Waals surface area (Å²) < 4.78 is 0. The molecule has 42 valence electrons. The summed E-state index contributed by atoms with van der Waals surface area (Å²) in [6.07, 6.45) is 0. The molecule has 0 heterocycles. The Bertz CT molecular complexity index is 10.8. The molecule has 0 saturated heterocycles. The van der Waals surface area contributed by atoms with Crippen LogP contribution in [-0.4, -0.2) is 0 Å². The molecule has 0 radical (unpaired) electrons. The number of hydrogen-bond acceptors (Lipinski definition) is 1. The summed E-state index contributed by atoms with van der Waals surface area (Å²) in [6.45, 7) is 0. The van der Waals surface area contributed by atoms with E-state index in [0.717, 1.165) is 0 Å². The van der Waals surface area contributed by atoms with Gasteiger partial charge in [0.1, 0.15) is 0 Å². The molecule has 2 heteroatoms. The predicted octanol–water partition coefficient (Wildman–Crippen LogP) is 2.18. The fourth-order valence-corrected chi connectivity index (χ4v) is 0. The fraction of sp³-hybridized carbons (Fsp3) is 1.00. The molecule has 0 aromatic heterocycles. The average molecular weight is 106 g/mol. The summed E-state index contributed by atoms with van der Waals surface area (Å²) in [5.74, 6) is 0. The van der Waals surface area contributed by atoms with Crippen LogP contribution in [-0.2, 0) is 0 Å². The van der Waals surface area contributed by atoms with E-state index in [1.165, 1.54) is 0 Å². The molecule has 5 heavy (non-hydrogen) atoms. The van der Waals surface area contributed by atoms with Crippen LogP contribution in [0, 0.1) is 37.7 Å². The maximum absolute atomic E-state index is 0. The Morgan fingerprint density at radius 1 is 0.800 bits per heavy atom. The summed E-state index contributed by atoms with van der Waals surface area (Å²) in [5.41, 5.74) is 0. The van der Waals surface area contributed by atoms with Gasteiger partial charge in [-0.25, -0.2) is 0 Å². The van der Waals surface area contributed by atoms with Crippen molar-refractivity contribution in [3.05, 3.63) is 0 Å². The van der Waals surface area contributed by atoms with E-state index in [9.17, 15) is 0 Å². The van der Waals surface area contributed by atoms with Gasteiger partial charge in [0.05, 0.1) is 0 Å². The molecule has 0 atom stereocenters. The predicted molar refractivity (Wildman–Crippen MR) is 26.3 cm³/mol. The first-order valence-electron chi connectivity index (χ1n) is 0. The molecule has 0 spiro atoms. The summed E-state index contributed by atoms with van der Waals surface area (Å²) in [4.78, 5) is 0. The van der Waals surface area contributed by atoms with Gasteiger partial charge in [-0.2, -0.15) is 0 Å². The zero-order valence-corrected chi connectivity index (χ0v) is 1.77. The van der Waals surface area contributed by atoms with Gasteiger partial charge in [-0.15, -0.1) is 0 Å². The number of hydrogen-bond donors (Lipinski definition) is 1. The van der Waals surface area contributed by atoms with Crippen molar-refractivity contribution < 1.29 is 39.2 Å². The molecule has 1 nitrogen and oxygen atoms in total. The normalized spacial score (nSPS) is 0. The van der Waals surface area contributed by atoms with E-state index < -0.39 is 0 Å². The van der Waals surface area contributed by atoms with E-state index in [1.807, 2.05) is 0 Å². The molecular weight excluding hydrogens is 90.0 g/mol. The third-order valence-corrected chi connectivity index (χ3v) is 0. The molecule has 0 aromatic carbocycles. The van der Waals surface area contributed by atoms with Crippen molar-refractivity contribution in [3.63, 3.8) is 0 Å². The first-order chi connectivity index (χ1) is 0. The van der Waals surface area contributed by atoms with Crippen LogP contribution < -0.4 is 6.15 Å². The summed E-state index contributed by atoms with van der Waals surface area (Å²) >= 11 is 0. The molecule has 0 bridgehead atoms. The van der Waals surface area contributed by atoms with Crippen LogP contribution in [0.5, 0.6) is 0 Å². The second-order valence-electron chi connectivity index (χ2n) is 0. The Balaban J connectivity index is 0. The van der Waals surface area contributed by atoms with Gasteiger partial charge >= 0.3 is 0 Å². The van der Waals surface area contributed by atoms with Gasteiger partial charge in [-0.3, -0.25) is 0 Å². The maximum atomic E-state index is 0. The third-order valence-electron chi connectivity index (χ3n) is 0. The van der Waals surface area contributed by atoms with E-state index in [-0.39, 0.29) is 67.6 Å². The Labute approximate surface area is 67.2 Å². The Morgan fingerprint density at radius 2 is 0.800 bits per heavy atom. The average Bonchev–Trinajstić information content (AvgIpc) is 0. The Hall–Kier alpha value is 1.22. The third kappa shape index (κ3) is 36.4. The first-order valence-corrected chi connectivity index (χ1v) is 0. The van der Waals surface area contributed by atoms with Crippen molar-refractivity contribution in [1.29, 1.82) is 0 Å². The van der Waals surface area contributed by atoms with Gasteiger partial charge in [0, 0.05) is 37.7 Å². The molecule has 0 aromatic rings. The second-order valence-corrected chi connectivity index (χ2v) is 0.